The summed E-state index contributed by atoms with van der Waals surface area (Å²) in [5, 5.41) is 7.13. The van der Waals surface area contributed by atoms with E-state index in [1.54, 1.807) is 12.3 Å². The third-order valence-corrected chi connectivity index (χ3v) is 6.19. The Kier molecular flexibility index (Phi) is 5.28. The lowest BCUT2D eigenvalue weighted by Gasteiger charge is -2.30. The van der Waals surface area contributed by atoms with Crippen LogP contribution >= 0.6 is 0 Å². The highest BCUT2D eigenvalue weighted by Gasteiger charge is 2.30. The van der Waals surface area contributed by atoms with Gasteiger partial charge in [0, 0.05) is 23.2 Å². The predicted molar refractivity (Wildman–Crippen MR) is 118 cm³/mol. The first-order valence-corrected chi connectivity index (χ1v) is 10.9. The minimum Gasteiger partial charge on any atom is -0.490 e. The zero-order chi connectivity index (χ0) is 21.2. The number of aromatic nitrogens is 1. The minimum absolute atomic E-state index is 0.0200. The molecule has 2 amide bonds. The number of carbonyl (C=O) groups is 2. The Morgan fingerprint density at radius 3 is 2.77 bits per heavy atom. The van der Waals surface area contributed by atoms with E-state index in [1.807, 2.05) is 48.5 Å². The van der Waals surface area contributed by atoms with Crippen molar-refractivity contribution < 1.29 is 14.3 Å². The van der Waals surface area contributed by atoms with E-state index < -0.39 is 0 Å². The Morgan fingerprint density at radius 2 is 1.90 bits per heavy atom. The highest BCUT2D eigenvalue weighted by Crippen LogP contribution is 2.29. The summed E-state index contributed by atoms with van der Waals surface area (Å²) in [6, 6.07) is 17.3. The van der Waals surface area contributed by atoms with Crippen LogP contribution in [0.25, 0.3) is 10.9 Å². The molecule has 3 aromatic rings. The van der Waals surface area contributed by atoms with Crippen LogP contribution in [0.2, 0.25) is 0 Å². The standard InChI is InChI=1S/C25H25N3O3/c29-24(15-23-20-5-1-2-6-21(20)25(30)28-23)27-17-7-9-18(10-8-17)31-19-11-12-22-16(14-19)4-3-13-26-22/h1-6,11-14,17-18,23H,7-10,15H2,(H,27,29)(H,28,30). The van der Waals surface area contributed by atoms with Gasteiger partial charge in [-0.05, 0) is 61.6 Å². The van der Waals surface area contributed by atoms with Crippen LogP contribution in [0.5, 0.6) is 5.75 Å². The first-order chi connectivity index (χ1) is 15.2. The van der Waals surface area contributed by atoms with Crippen LogP contribution in [0.1, 0.15) is 54.1 Å². The smallest absolute Gasteiger partial charge is 0.252 e. The van der Waals surface area contributed by atoms with Crippen LogP contribution in [-0.4, -0.2) is 28.9 Å². The normalized spacial score (nSPS) is 22.6. The van der Waals surface area contributed by atoms with Crippen LogP contribution in [-0.2, 0) is 4.79 Å². The topological polar surface area (TPSA) is 80.3 Å². The SMILES string of the molecule is O=C(CC1NC(=O)c2ccccc21)NC1CCC(Oc2ccc3ncccc3c2)CC1. The van der Waals surface area contributed by atoms with Crippen LogP contribution in [0.3, 0.4) is 0 Å². The summed E-state index contributed by atoms with van der Waals surface area (Å²) in [6.07, 6.45) is 5.79. The molecule has 1 fully saturated rings. The molecule has 1 aliphatic heterocycles. The van der Waals surface area contributed by atoms with Crippen LogP contribution < -0.4 is 15.4 Å². The molecule has 1 atom stereocenters. The average molecular weight is 415 g/mol. The van der Waals surface area contributed by atoms with Crippen LogP contribution in [0.15, 0.2) is 60.8 Å². The van der Waals surface area contributed by atoms with Gasteiger partial charge in [0.05, 0.1) is 24.1 Å². The lowest BCUT2D eigenvalue weighted by molar-refractivity contribution is -0.122. The summed E-state index contributed by atoms with van der Waals surface area (Å²) in [5.74, 6) is 0.743. The van der Waals surface area contributed by atoms with Crippen molar-refractivity contribution in [1.29, 1.82) is 0 Å². The zero-order valence-electron chi connectivity index (χ0n) is 17.2. The number of carbonyl (C=O) groups excluding carboxylic acids is 2. The zero-order valence-corrected chi connectivity index (χ0v) is 17.2. The molecular weight excluding hydrogens is 390 g/mol. The third kappa shape index (κ3) is 4.24. The number of ether oxygens (including phenoxy) is 1. The van der Waals surface area contributed by atoms with E-state index in [0.717, 1.165) is 47.9 Å². The molecule has 0 bridgehead atoms. The predicted octanol–water partition coefficient (Wildman–Crippen LogP) is 3.92. The second kappa shape index (κ2) is 8.38. The maximum absolute atomic E-state index is 12.6. The summed E-state index contributed by atoms with van der Waals surface area (Å²) >= 11 is 0. The van der Waals surface area contributed by atoms with Gasteiger partial charge in [-0.3, -0.25) is 14.6 Å². The van der Waals surface area contributed by atoms with Crippen molar-refractivity contribution in [3.05, 3.63) is 71.9 Å². The number of nitrogens with zero attached hydrogens (tertiary/aromatic N) is 1. The van der Waals surface area contributed by atoms with Crippen molar-refractivity contribution in [3.8, 4) is 5.75 Å². The molecule has 0 radical (unpaired) electrons. The molecule has 0 saturated heterocycles. The van der Waals surface area contributed by atoms with Gasteiger partial charge in [-0.1, -0.05) is 24.3 Å². The Bertz CT molecular complexity index is 1120. The van der Waals surface area contributed by atoms with E-state index in [9.17, 15) is 9.59 Å². The summed E-state index contributed by atoms with van der Waals surface area (Å²) in [5.41, 5.74) is 2.54. The van der Waals surface area contributed by atoms with Crippen molar-refractivity contribution in [3.63, 3.8) is 0 Å². The highest BCUT2D eigenvalue weighted by molar-refractivity contribution is 5.99. The first-order valence-electron chi connectivity index (χ1n) is 10.9. The molecule has 2 N–H and O–H groups in total. The second-order valence-corrected chi connectivity index (χ2v) is 8.33. The fourth-order valence-electron chi connectivity index (χ4n) is 4.60. The van der Waals surface area contributed by atoms with Crippen LogP contribution in [0, 0.1) is 0 Å². The molecule has 1 aliphatic carbocycles. The van der Waals surface area contributed by atoms with E-state index in [4.69, 9.17) is 4.74 Å². The fourth-order valence-corrected chi connectivity index (χ4v) is 4.60. The number of fused-ring (bicyclic) bond motifs is 2. The van der Waals surface area contributed by atoms with Gasteiger partial charge in [0.25, 0.3) is 5.91 Å². The molecule has 6 nitrogen and oxygen atoms in total. The number of benzene rings is 2. The number of nitrogens with one attached hydrogen (secondary N) is 2. The lowest BCUT2D eigenvalue weighted by Crippen LogP contribution is -2.40. The average Bonchev–Trinajstić information content (AvgIpc) is 3.10. The van der Waals surface area contributed by atoms with Gasteiger partial charge in [0.15, 0.2) is 0 Å². The molecule has 1 aromatic heterocycles. The molecule has 2 heterocycles. The number of pyridine rings is 1. The van der Waals surface area contributed by atoms with Gasteiger partial charge >= 0.3 is 0 Å². The second-order valence-electron chi connectivity index (χ2n) is 8.33. The molecule has 2 aliphatic rings. The van der Waals surface area contributed by atoms with Crippen molar-refractivity contribution >= 4 is 22.7 Å². The number of amides is 2. The van der Waals surface area contributed by atoms with Crippen molar-refractivity contribution in [1.82, 2.24) is 15.6 Å². The van der Waals surface area contributed by atoms with Crippen molar-refractivity contribution in [2.75, 3.05) is 0 Å². The quantitative estimate of drug-likeness (QED) is 0.662. The van der Waals surface area contributed by atoms with Gasteiger partial charge in [0.1, 0.15) is 5.75 Å². The summed E-state index contributed by atoms with van der Waals surface area (Å²) < 4.78 is 6.19. The number of hydrogen-bond acceptors (Lipinski definition) is 4. The Morgan fingerprint density at radius 1 is 1.06 bits per heavy atom. The third-order valence-electron chi connectivity index (χ3n) is 6.19. The molecule has 1 saturated carbocycles. The van der Waals surface area contributed by atoms with E-state index in [2.05, 4.69) is 15.6 Å². The van der Waals surface area contributed by atoms with Crippen LogP contribution in [0.4, 0.5) is 0 Å². The highest BCUT2D eigenvalue weighted by atomic mass is 16.5. The molecule has 5 rings (SSSR count). The number of hydrogen-bond donors (Lipinski definition) is 2. The molecule has 158 valence electrons. The van der Waals surface area contributed by atoms with E-state index in [1.165, 1.54) is 0 Å². The summed E-state index contributed by atoms with van der Waals surface area (Å²) in [6.45, 7) is 0. The summed E-state index contributed by atoms with van der Waals surface area (Å²) in [4.78, 5) is 29.0. The van der Waals surface area contributed by atoms with E-state index in [0.29, 0.717) is 5.56 Å². The maximum atomic E-state index is 12.6. The molecule has 31 heavy (non-hydrogen) atoms. The fraction of sp³-hybridized carbons (Fsp3) is 0.320. The largest absolute Gasteiger partial charge is 0.490 e. The maximum Gasteiger partial charge on any atom is 0.252 e. The molecule has 0 spiro atoms. The molecule has 1 unspecified atom stereocenters. The minimum atomic E-state index is -0.245. The molecule has 2 aromatic carbocycles. The Hall–Kier alpha value is -3.41. The Labute approximate surface area is 181 Å². The number of rotatable bonds is 5. The molecular formula is C25H25N3O3. The van der Waals surface area contributed by atoms with E-state index in [-0.39, 0.29) is 36.4 Å². The summed E-state index contributed by atoms with van der Waals surface area (Å²) in [7, 11) is 0. The lowest BCUT2D eigenvalue weighted by atomic mass is 9.92. The molecule has 6 heteroatoms. The van der Waals surface area contributed by atoms with Crippen molar-refractivity contribution in [2.24, 2.45) is 0 Å². The van der Waals surface area contributed by atoms with Gasteiger partial charge in [-0.2, -0.15) is 0 Å². The van der Waals surface area contributed by atoms with Gasteiger partial charge in [0.2, 0.25) is 5.91 Å². The first kappa shape index (κ1) is 19.5. The monoisotopic (exact) mass is 415 g/mol. The Balaban J connectivity index is 1.11. The van der Waals surface area contributed by atoms with E-state index >= 15 is 0 Å². The van der Waals surface area contributed by atoms with Gasteiger partial charge in [-0.25, -0.2) is 0 Å². The van der Waals surface area contributed by atoms with Gasteiger partial charge in [-0.15, -0.1) is 0 Å². The van der Waals surface area contributed by atoms with Crippen molar-refractivity contribution in [2.45, 2.75) is 50.3 Å². The van der Waals surface area contributed by atoms with Gasteiger partial charge < -0.3 is 15.4 Å².